The second-order valence-corrected chi connectivity index (χ2v) is 3.79. The average molecular weight is 241 g/mol. The number of carboxylic acid groups (broad SMARTS) is 1. The summed E-state index contributed by atoms with van der Waals surface area (Å²) in [6.45, 7) is 1.56. The molecule has 2 heterocycles. The number of carbonyl (C=O) groups excluding carboxylic acids is 1. The van der Waals surface area contributed by atoms with Crippen LogP contribution in [0.4, 0.5) is 5.69 Å². The highest BCUT2D eigenvalue weighted by atomic mass is 35.5. The maximum Gasteiger partial charge on any atom is 0.0446 e. The molecule has 1 saturated heterocycles. The molecule has 0 saturated carbocycles. The fourth-order valence-electron chi connectivity index (χ4n) is 1.93. The van der Waals surface area contributed by atoms with Crippen LogP contribution in [-0.2, 0) is 4.79 Å². The average Bonchev–Trinajstić information content (AvgIpc) is 2.30. The highest BCUT2D eigenvalue weighted by Crippen LogP contribution is 2.21. The van der Waals surface area contributed by atoms with E-state index in [0.717, 1.165) is 18.8 Å². The molecule has 2 rings (SSSR count). The van der Waals surface area contributed by atoms with Crippen molar-refractivity contribution in [3.63, 3.8) is 0 Å². The summed E-state index contributed by atoms with van der Waals surface area (Å²) in [6.07, 6.45) is 4.84. The second-order valence-electron chi connectivity index (χ2n) is 3.79. The van der Waals surface area contributed by atoms with Crippen molar-refractivity contribution in [3.8, 4) is 0 Å². The summed E-state index contributed by atoms with van der Waals surface area (Å²) in [5.74, 6) is -1.19. The topological polar surface area (TPSA) is 56.3 Å². The Balaban J connectivity index is 0.00000128. The van der Waals surface area contributed by atoms with Gasteiger partial charge in [0.05, 0.1) is 0 Å². The number of piperidine rings is 1. The van der Waals surface area contributed by atoms with Crippen LogP contribution >= 0.6 is 0 Å². The first-order valence-electron chi connectivity index (χ1n) is 5.13. The van der Waals surface area contributed by atoms with Gasteiger partial charge in [-0.3, -0.25) is 4.98 Å². The summed E-state index contributed by atoms with van der Waals surface area (Å²) < 4.78 is 0. The number of rotatable bonds is 2. The molecule has 1 aromatic rings. The normalized spacial score (nSPS) is 16.6. The lowest BCUT2D eigenvalue weighted by Gasteiger charge is -2.33. The molecule has 0 unspecified atom stereocenters. The van der Waals surface area contributed by atoms with Gasteiger partial charge < -0.3 is 27.2 Å². The van der Waals surface area contributed by atoms with Crippen LogP contribution in [0.25, 0.3) is 0 Å². The smallest absolute Gasteiger partial charge is 0.0446 e. The van der Waals surface area contributed by atoms with Crippen molar-refractivity contribution < 1.29 is 22.3 Å². The molecule has 88 valence electrons. The number of carboxylic acids is 1. The number of hydrogen-bond acceptors (Lipinski definition) is 4. The minimum atomic E-state index is -0.913. The highest BCUT2D eigenvalue weighted by Gasteiger charge is 2.19. The quantitative estimate of drug-likeness (QED) is 0.555. The summed E-state index contributed by atoms with van der Waals surface area (Å²) in [5.41, 5.74) is 1.11. The number of hydrogen-bond donors (Lipinski definition) is 0. The maximum atomic E-state index is 10.7. The molecule has 0 amide bonds. The van der Waals surface area contributed by atoms with Crippen LogP contribution in [-0.4, -0.2) is 24.0 Å². The first-order chi connectivity index (χ1) is 7.27. The van der Waals surface area contributed by atoms with E-state index >= 15 is 0 Å². The summed E-state index contributed by atoms with van der Waals surface area (Å²) in [5, 5.41) is 10.7. The van der Waals surface area contributed by atoms with Gasteiger partial charge in [-0.25, -0.2) is 0 Å². The molecule has 0 N–H and O–H groups in total. The fourth-order valence-corrected chi connectivity index (χ4v) is 1.93. The number of aromatic nitrogens is 1. The third-order valence-corrected chi connectivity index (χ3v) is 2.86. The zero-order valence-electron chi connectivity index (χ0n) is 8.80. The van der Waals surface area contributed by atoms with Crippen LogP contribution in [0.2, 0.25) is 0 Å². The lowest BCUT2D eigenvalue weighted by Crippen LogP contribution is -3.00. The van der Waals surface area contributed by atoms with Crippen molar-refractivity contribution in [1.82, 2.24) is 4.98 Å². The van der Waals surface area contributed by atoms with Gasteiger partial charge in [0.2, 0.25) is 0 Å². The number of anilines is 1. The Labute approximate surface area is 101 Å². The molecular weight excluding hydrogens is 228 g/mol. The molecule has 1 fully saturated rings. The van der Waals surface area contributed by atoms with E-state index in [0.29, 0.717) is 12.8 Å². The summed E-state index contributed by atoms with van der Waals surface area (Å²) >= 11 is 0. The van der Waals surface area contributed by atoms with E-state index in [1.807, 2.05) is 12.1 Å². The third kappa shape index (κ3) is 2.85. The van der Waals surface area contributed by atoms with Crippen molar-refractivity contribution in [2.45, 2.75) is 12.8 Å². The zero-order valence-corrected chi connectivity index (χ0v) is 9.56. The SMILES string of the molecule is O=C([O-])C1CCN(c2ccncc2)CC1.[Cl-]. The molecule has 5 heteroatoms. The Morgan fingerprint density at radius 1 is 1.31 bits per heavy atom. The van der Waals surface area contributed by atoms with Crippen LogP contribution < -0.4 is 22.4 Å². The van der Waals surface area contributed by atoms with Crippen molar-refractivity contribution in [2.24, 2.45) is 5.92 Å². The van der Waals surface area contributed by atoms with Crippen LogP contribution in [0.5, 0.6) is 0 Å². The van der Waals surface area contributed by atoms with Gasteiger partial charge in [-0.15, -0.1) is 0 Å². The van der Waals surface area contributed by atoms with E-state index in [1.54, 1.807) is 12.4 Å². The predicted octanol–water partition coefficient (Wildman–Crippen LogP) is -2.95. The van der Waals surface area contributed by atoms with E-state index in [-0.39, 0.29) is 18.3 Å². The van der Waals surface area contributed by atoms with Gasteiger partial charge in [0.1, 0.15) is 0 Å². The molecule has 0 aliphatic carbocycles. The third-order valence-electron chi connectivity index (χ3n) is 2.86. The largest absolute Gasteiger partial charge is 1.00 e. The van der Waals surface area contributed by atoms with Crippen LogP contribution in [0.15, 0.2) is 24.5 Å². The van der Waals surface area contributed by atoms with Gasteiger partial charge in [-0.1, -0.05) is 0 Å². The van der Waals surface area contributed by atoms with Crippen LogP contribution in [0.3, 0.4) is 0 Å². The minimum absolute atomic E-state index is 0. The molecule has 4 nitrogen and oxygen atoms in total. The van der Waals surface area contributed by atoms with Gasteiger partial charge in [0.25, 0.3) is 0 Å². The standard InChI is InChI=1S/C11H14N2O2.ClH/c14-11(15)9-3-7-13(8-4-9)10-1-5-12-6-2-10;/h1-2,5-6,9H,3-4,7-8H2,(H,14,15);1H/p-2. The van der Waals surface area contributed by atoms with Gasteiger partial charge in [-0.05, 0) is 25.0 Å². The summed E-state index contributed by atoms with van der Waals surface area (Å²) in [6, 6.07) is 3.89. The van der Waals surface area contributed by atoms with E-state index in [2.05, 4.69) is 9.88 Å². The Bertz CT molecular complexity index is 337. The Kier molecular flexibility index (Phi) is 4.55. The van der Waals surface area contributed by atoms with Crippen molar-refractivity contribution in [2.75, 3.05) is 18.0 Å². The maximum absolute atomic E-state index is 10.7. The van der Waals surface area contributed by atoms with E-state index in [9.17, 15) is 9.90 Å². The molecule has 1 aliphatic heterocycles. The van der Waals surface area contributed by atoms with Gasteiger partial charge in [0, 0.05) is 43.1 Å². The van der Waals surface area contributed by atoms with Gasteiger partial charge >= 0.3 is 0 Å². The Morgan fingerprint density at radius 2 is 1.88 bits per heavy atom. The summed E-state index contributed by atoms with van der Waals surface area (Å²) in [4.78, 5) is 16.8. The number of aliphatic carboxylic acids is 1. The number of pyridine rings is 1. The van der Waals surface area contributed by atoms with E-state index in [1.165, 1.54) is 0 Å². The Morgan fingerprint density at radius 3 is 2.38 bits per heavy atom. The first kappa shape index (κ1) is 12.8. The molecular formula is C11H13ClN2O2-2. The Hall–Kier alpha value is -1.29. The van der Waals surface area contributed by atoms with Crippen LogP contribution in [0, 0.1) is 5.92 Å². The molecule has 1 aromatic heterocycles. The van der Waals surface area contributed by atoms with E-state index < -0.39 is 5.97 Å². The fraction of sp³-hybridized carbons (Fsp3) is 0.455. The van der Waals surface area contributed by atoms with Crippen molar-refractivity contribution in [3.05, 3.63) is 24.5 Å². The summed E-state index contributed by atoms with van der Waals surface area (Å²) in [7, 11) is 0. The zero-order chi connectivity index (χ0) is 10.7. The minimum Gasteiger partial charge on any atom is -1.00 e. The highest BCUT2D eigenvalue weighted by molar-refractivity contribution is 5.68. The molecule has 16 heavy (non-hydrogen) atoms. The van der Waals surface area contributed by atoms with Crippen molar-refractivity contribution >= 4 is 11.7 Å². The van der Waals surface area contributed by atoms with Crippen LogP contribution in [0.1, 0.15) is 12.8 Å². The second kappa shape index (κ2) is 5.70. The molecule has 0 radical (unpaired) electrons. The molecule has 0 bridgehead atoms. The van der Waals surface area contributed by atoms with E-state index in [4.69, 9.17) is 0 Å². The molecule has 0 spiro atoms. The number of halogens is 1. The lowest BCUT2D eigenvalue weighted by atomic mass is 9.97. The predicted molar refractivity (Wildman–Crippen MR) is 54.2 cm³/mol. The number of carbonyl (C=O) groups is 1. The molecule has 0 atom stereocenters. The molecule has 1 aliphatic rings. The van der Waals surface area contributed by atoms with Crippen molar-refractivity contribution in [1.29, 1.82) is 0 Å². The van der Waals surface area contributed by atoms with Gasteiger partial charge in [0.15, 0.2) is 0 Å². The lowest BCUT2D eigenvalue weighted by molar-refractivity contribution is -0.312. The number of nitrogens with zero attached hydrogens (tertiary/aromatic N) is 2. The monoisotopic (exact) mass is 240 g/mol. The van der Waals surface area contributed by atoms with Gasteiger partial charge in [-0.2, -0.15) is 0 Å². The first-order valence-corrected chi connectivity index (χ1v) is 5.13. The molecule has 0 aromatic carbocycles.